The van der Waals surface area contributed by atoms with Gasteiger partial charge in [0.05, 0.1) is 20.4 Å². The molecule has 0 aliphatic rings. The molecule has 0 saturated heterocycles. The van der Waals surface area contributed by atoms with Crippen LogP contribution in [0.1, 0.15) is 11.1 Å². The Labute approximate surface area is 153 Å². The van der Waals surface area contributed by atoms with Gasteiger partial charge in [-0.2, -0.15) is 5.10 Å². The van der Waals surface area contributed by atoms with Crippen LogP contribution in [-0.4, -0.2) is 32.9 Å². The van der Waals surface area contributed by atoms with Gasteiger partial charge in [0.15, 0.2) is 6.61 Å². The van der Waals surface area contributed by atoms with Gasteiger partial charge < -0.3 is 14.2 Å². The zero-order valence-corrected chi connectivity index (χ0v) is 14.9. The summed E-state index contributed by atoms with van der Waals surface area (Å²) in [6.45, 7) is 3.58. The van der Waals surface area contributed by atoms with Gasteiger partial charge in [-0.25, -0.2) is 5.43 Å². The van der Waals surface area contributed by atoms with Crippen LogP contribution >= 0.6 is 0 Å². The molecule has 1 amide bonds. The van der Waals surface area contributed by atoms with Crippen LogP contribution in [0.2, 0.25) is 0 Å². The lowest BCUT2D eigenvalue weighted by Gasteiger charge is -2.09. The zero-order chi connectivity index (χ0) is 18.8. The maximum absolute atomic E-state index is 11.9. The Bertz CT molecular complexity index is 787. The fraction of sp³-hybridized carbons (Fsp3) is 0.200. The molecule has 0 atom stereocenters. The molecule has 0 heterocycles. The summed E-state index contributed by atoms with van der Waals surface area (Å²) in [5, 5.41) is 3.94. The van der Waals surface area contributed by atoms with Crippen molar-refractivity contribution in [2.45, 2.75) is 6.42 Å². The van der Waals surface area contributed by atoms with Crippen molar-refractivity contribution in [1.82, 2.24) is 5.43 Å². The maximum atomic E-state index is 11.9. The number of hydrazone groups is 1. The van der Waals surface area contributed by atoms with Crippen LogP contribution in [0.3, 0.4) is 0 Å². The first-order valence-corrected chi connectivity index (χ1v) is 8.03. The number of hydrogen-bond donors (Lipinski definition) is 1. The van der Waals surface area contributed by atoms with Crippen molar-refractivity contribution < 1.29 is 19.0 Å². The van der Waals surface area contributed by atoms with E-state index in [0.29, 0.717) is 29.2 Å². The Morgan fingerprint density at radius 3 is 2.69 bits per heavy atom. The first-order chi connectivity index (χ1) is 12.7. The predicted octanol–water partition coefficient (Wildman–Crippen LogP) is 2.96. The van der Waals surface area contributed by atoms with Gasteiger partial charge in [0.1, 0.15) is 17.2 Å². The fourth-order valence-corrected chi connectivity index (χ4v) is 2.26. The van der Waals surface area contributed by atoms with Gasteiger partial charge in [0.2, 0.25) is 0 Å². The highest BCUT2D eigenvalue weighted by molar-refractivity contribution is 5.86. The van der Waals surface area contributed by atoms with E-state index < -0.39 is 0 Å². The van der Waals surface area contributed by atoms with Crippen LogP contribution in [0.25, 0.3) is 0 Å². The summed E-state index contributed by atoms with van der Waals surface area (Å²) >= 11 is 0. The number of hydrogen-bond acceptors (Lipinski definition) is 5. The molecule has 1 N–H and O–H groups in total. The van der Waals surface area contributed by atoms with Gasteiger partial charge in [-0.05, 0) is 36.2 Å². The largest absolute Gasteiger partial charge is 0.497 e. The summed E-state index contributed by atoms with van der Waals surface area (Å²) in [6, 6.07) is 12.8. The number of nitrogens with zero attached hydrogens (tertiary/aromatic N) is 1. The molecular weight excluding hydrogens is 332 g/mol. The molecule has 0 bridgehead atoms. The lowest BCUT2D eigenvalue weighted by atomic mass is 10.1. The summed E-state index contributed by atoms with van der Waals surface area (Å²) in [6.07, 6.45) is 3.95. The van der Waals surface area contributed by atoms with E-state index in [1.54, 1.807) is 38.5 Å². The molecule has 0 radical (unpaired) electrons. The zero-order valence-electron chi connectivity index (χ0n) is 14.9. The maximum Gasteiger partial charge on any atom is 0.277 e. The molecule has 26 heavy (non-hydrogen) atoms. The molecule has 0 aliphatic carbocycles. The van der Waals surface area contributed by atoms with E-state index >= 15 is 0 Å². The predicted molar refractivity (Wildman–Crippen MR) is 101 cm³/mol. The highest BCUT2D eigenvalue weighted by Gasteiger charge is 2.06. The number of nitrogens with one attached hydrogen (secondary N) is 1. The normalized spacial score (nSPS) is 10.4. The molecule has 0 saturated carbocycles. The Morgan fingerprint density at radius 2 is 1.96 bits per heavy atom. The third-order valence-electron chi connectivity index (χ3n) is 3.53. The standard InChI is InChI=1S/C20H22N2O4/c1-4-7-15-8-5-6-9-19(15)26-14-20(23)22-21-13-16-12-17(24-2)10-11-18(16)25-3/h4-6,8-13H,1,7,14H2,2-3H3,(H,22,23)/b21-13+. The third-order valence-corrected chi connectivity index (χ3v) is 3.53. The summed E-state index contributed by atoms with van der Waals surface area (Å²) < 4.78 is 16.0. The number of benzene rings is 2. The average Bonchev–Trinajstić information content (AvgIpc) is 2.67. The minimum Gasteiger partial charge on any atom is -0.497 e. The Morgan fingerprint density at radius 1 is 1.15 bits per heavy atom. The Balaban J connectivity index is 1.93. The number of para-hydroxylation sites is 1. The average molecular weight is 354 g/mol. The van der Waals surface area contributed by atoms with Gasteiger partial charge in [-0.15, -0.1) is 6.58 Å². The SMILES string of the molecule is C=CCc1ccccc1OCC(=O)N/N=C/c1cc(OC)ccc1OC. The van der Waals surface area contributed by atoms with Crippen LogP contribution in [0.5, 0.6) is 17.2 Å². The lowest BCUT2D eigenvalue weighted by molar-refractivity contribution is -0.123. The van der Waals surface area contributed by atoms with Crippen molar-refractivity contribution in [2.75, 3.05) is 20.8 Å². The highest BCUT2D eigenvalue weighted by Crippen LogP contribution is 2.22. The minimum atomic E-state index is -0.364. The van der Waals surface area contributed by atoms with Crippen molar-refractivity contribution in [3.63, 3.8) is 0 Å². The van der Waals surface area contributed by atoms with Gasteiger partial charge in [0.25, 0.3) is 5.91 Å². The first kappa shape index (κ1) is 19.1. The molecule has 0 aromatic heterocycles. The monoisotopic (exact) mass is 354 g/mol. The van der Waals surface area contributed by atoms with Crippen molar-refractivity contribution in [3.8, 4) is 17.2 Å². The van der Waals surface area contributed by atoms with Crippen molar-refractivity contribution in [1.29, 1.82) is 0 Å². The molecule has 0 fully saturated rings. The van der Waals surface area contributed by atoms with Crippen LogP contribution in [0.15, 0.2) is 60.2 Å². The molecule has 0 unspecified atom stereocenters. The molecule has 2 rings (SSSR count). The molecular formula is C20H22N2O4. The number of methoxy groups -OCH3 is 2. The molecule has 0 aliphatic heterocycles. The first-order valence-electron chi connectivity index (χ1n) is 8.03. The van der Waals surface area contributed by atoms with E-state index in [4.69, 9.17) is 14.2 Å². The van der Waals surface area contributed by atoms with Gasteiger partial charge >= 0.3 is 0 Å². The van der Waals surface area contributed by atoms with Gasteiger partial charge in [-0.3, -0.25) is 4.79 Å². The van der Waals surface area contributed by atoms with Gasteiger partial charge in [-0.1, -0.05) is 24.3 Å². The topological polar surface area (TPSA) is 69.2 Å². The molecule has 0 spiro atoms. The highest BCUT2D eigenvalue weighted by atomic mass is 16.5. The van der Waals surface area contributed by atoms with E-state index in [9.17, 15) is 4.79 Å². The molecule has 2 aromatic carbocycles. The van der Waals surface area contributed by atoms with Crippen molar-refractivity contribution in [2.24, 2.45) is 5.10 Å². The molecule has 6 heteroatoms. The van der Waals surface area contributed by atoms with Crippen LogP contribution in [0.4, 0.5) is 0 Å². The van der Waals surface area contributed by atoms with E-state index in [1.165, 1.54) is 6.21 Å². The lowest BCUT2D eigenvalue weighted by Crippen LogP contribution is -2.24. The number of rotatable bonds is 9. The van der Waals surface area contributed by atoms with Crippen LogP contribution in [-0.2, 0) is 11.2 Å². The van der Waals surface area contributed by atoms with Crippen LogP contribution < -0.4 is 19.6 Å². The van der Waals surface area contributed by atoms with E-state index in [-0.39, 0.29) is 12.5 Å². The van der Waals surface area contributed by atoms with Crippen LogP contribution in [0, 0.1) is 0 Å². The Hall–Kier alpha value is -3.28. The summed E-state index contributed by atoms with van der Waals surface area (Å²) in [4.78, 5) is 11.9. The van der Waals surface area contributed by atoms with E-state index in [1.807, 2.05) is 24.3 Å². The van der Waals surface area contributed by atoms with E-state index in [0.717, 1.165) is 5.56 Å². The number of allylic oxidation sites excluding steroid dienone is 1. The number of ether oxygens (including phenoxy) is 3. The summed E-state index contributed by atoms with van der Waals surface area (Å²) in [7, 11) is 3.14. The number of carbonyl (C=O) groups is 1. The fourth-order valence-electron chi connectivity index (χ4n) is 2.26. The second-order valence-electron chi connectivity index (χ2n) is 5.29. The quantitative estimate of drug-likeness (QED) is 0.427. The van der Waals surface area contributed by atoms with Crippen molar-refractivity contribution >= 4 is 12.1 Å². The Kier molecular flexibility index (Phi) is 7.24. The molecule has 6 nitrogen and oxygen atoms in total. The number of amides is 1. The van der Waals surface area contributed by atoms with Gasteiger partial charge in [0, 0.05) is 5.56 Å². The third kappa shape index (κ3) is 5.37. The summed E-state index contributed by atoms with van der Waals surface area (Å²) in [5.74, 6) is 1.58. The smallest absolute Gasteiger partial charge is 0.277 e. The second-order valence-corrected chi connectivity index (χ2v) is 5.29. The molecule has 136 valence electrons. The van der Waals surface area contributed by atoms with E-state index in [2.05, 4.69) is 17.1 Å². The van der Waals surface area contributed by atoms with Crippen molar-refractivity contribution in [3.05, 3.63) is 66.2 Å². The second kappa shape index (κ2) is 9.88. The molecule has 2 aromatic rings. The number of carbonyl (C=O) groups excluding carboxylic acids is 1. The minimum absolute atomic E-state index is 0.138. The summed E-state index contributed by atoms with van der Waals surface area (Å²) in [5.41, 5.74) is 4.09.